The lowest BCUT2D eigenvalue weighted by Crippen LogP contribution is -2.18. The van der Waals surface area contributed by atoms with E-state index in [0.717, 1.165) is 53.0 Å². The molecule has 5 heteroatoms. The first kappa shape index (κ1) is 20.1. The van der Waals surface area contributed by atoms with E-state index < -0.39 is 0 Å². The topological polar surface area (TPSA) is 75.1 Å². The number of benzene rings is 2. The van der Waals surface area contributed by atoms with Crippen molar-refractivity contribution in [2.75, 3.05) is 5.32 Å². The van der Waals surface area contributed by atoms with Gasteiger partial charge in [0.15, 0.2) is 5.82 Å². The molecule has 4 rings (SSSR count). The van der Waals surface area contributed by atoms with Crippen LogP contribution in [0.1, 0.15) is 49.2 Å². The van der Waals surface area contributed by atoms with E-state index in [9.17, 15) is 9.90 Å². The molecule has 2 N–H and O–H groups in total. The number of carbonyl (C=O) groups is 1. The first-order valence-electron chi connectivity index (χ1n) is 10.6. The molecule has 0 atom stereocenters. The summed E-state index contributed by atoms with van der Waals surface area (Å²) < 4.78 is 0. The van der Waals surface area contributed by atoms with Gasteiger partial charge in [-0.25, -0.2) is 9.97 Å². The maximum atomic E-state index is 12.5. The molecule has 2 aromatic carbocycles. The molecule has 0 radical (unpaired) electrons. The smallest absolute Gasteiger partial charge is 0.225 e. The number of anilines is 1. The first-order chi connectivity index (χ1) is 14.5. The number of fused-ring (bicyclic) bond motifs is 3. The van der Waals surface area contributed by atoms with Gasteiger partial charge in [0.1, 0.15) is 5.75 Å². The number of amides is 1. The molecule has 1 heterocycles. The zero-order valence-corrected chi connectivity index (χ0v) is 17.5. The Morgan fingerprint density at radius 3 is 2.67 bits per heavy atom. The van der Waals surface area contributed by atoms with Crippen molar-refractivity contribution in [1.82, 2.24) is 9.97 Å². The van der Waals surface area contributed by atoms with E-state index in [1.807, 2.05) is 44.2 Å². The van der Waals surface area contributed by atoms with Crippen LogP contribution >= 0.6 is 0 Å². The van der Waals surface area contributed by atoms with Crippen molar-refractivity contribution in [2.45, 2.75) is 46.0 Å². The molecule has 154 valence electrons. The Balaban J connectivity index is 1.79. The number of aryl methyl sites for hydroxylation is 2. The van der Waals surface area contributed by atoms with E-state index in [0.29, 0.717) is 18.7 Å². The molecule has 30 heavy (non-hydrogen) atoms. The quantitative estimate of drug-likeness (QED) is 0.637. The summed E-state index contributed by atoms with van der Waals surface area (Å²) >= 11 is 0. The average Bonchev–Trinajstić information content (AvgIpc) is 2.87. The summed E-state index contributed by atoms with van der Waals surface area (Å²) in [5.74, 6) is 1.07. The molecule has 0 bridgehead atoms. The monoisotopic (exact) mass is 401 g/mol. The summed E-state index contributed by atoms with van der Waals surface area (Å²) in [5, 5.41) is 12.9. The van der Waals surface area contributed by atoms with Gasteiger partial charge in [-0.05, 0) is 54.5 Å². The molecule has 1 aliphatic carbocycles. The molecule has 0 spiro atoms. The molecular formula is C25H27N3O2. The fraction of sp³-hybridized carbons (Fsp3) is 0.320. The van der Waals surface area contributed by atoms with E-state index in [2.05, 4.69) is 17.4 Å². The molecular weight excluding hydrogens is 374 g/mol. The van der Waals surface area contributed by atoms with Crippen LogP contribution in [0.15, 0.2) is 48.5 Å². The van der Waals surface area contributed by atoms with Crippen LogP contribution in [0.5, 0.6) is 5.75 Å². The summed E-state index contributed by atoms with van der Waals surface area (Å²) in [5.41, 5.74) is 5.74. The number of nitrogens with one attached hydrogen (secondary N) is 1. The second-order valence-corrected chi connectivity index (χ2v) is 8.32. The number of phenols is 1. The lowest BCUT2D eigenvalue weighted by molar-refractivity contribution is -0.116. The lowest BCUT2D eigenvalue weighted by Gasteiger charge is -2.16. The first-order valence-corrected chi connectivity index (χ1v) is 10.6. The molecule has 1 aromatic heterocycles. The SMILES string of the molecule is CC(C)CC(=O)Nc1nc2c(nc1Cc1ccccc1)-c1ccc(O)cc1CCC2. The molecule has 0 saturated heterocycles. The number of carbonyl (C=O) groups excluding carboxylic acids is 1. The average molecular weight is 402 g/mol. The van der Waals surface area contributed by atoms with Crippen molar-refractivity contribution in [3.8, 4) is 17.0 Å². The third-order valence-corrected chi connectivity index (χ3v) is 5.31. The van der Waals surface area contributed by atoms with Crippen LogP contribution in [0.2, 0.25) is 0 Å². The number of nitrogens with zero attached hydrogens (tertiary/aromatic N) is 2. The van der Waals surface area contributed by atoms with Crippen LogP contribution in [0.25, 0.3) is 11.3 Å². The van der Waals surface area contributed by atoms with Crippen molar-refractivity contribution < 1.29 is 9.90 Å². The van der Waals surface area contributed by atoms with Crippen molar-refractivity contribution in [1.29, 1.82) is 0 Å². The van der Waals surface area contributed by atoms with E-state index >= 15 is 0 Å². The van der Waals surface area contributed by atoms with Gasteiger partial charge in [-0.3, -0.25) is 4.79 Å². The van der Waals surface area contributed by atoms with Gasteiger partial charge in [0.05, 0.1) is 17.1 Å². The normalized spacial score (nSPS) is 12.8. The number of aromatic hydroxyl groups is 1. The number of phenolic OH excluding ortho intramolecular Hbond substituents is 1. The molecule has 0 aliphatic heterocycles. The second kappa shape index (κ2) is 8.66. The van der Waals surface area contributed by atoms with Crippen LogP contribution < -0.4 is 5.32 Å². The highest BCUT2D eigenvalue weighted by Crippen LogP contribution is 2.34. The van der Waals surface area contributed by atoms with Crippen molar-refractivity contribution in [3.05, 3.63) is 71.0 Å². The summed E-state index contributed by atoms with van der Waals surface area (Å²) in [4.78, 5) is 22.4. The van der Waals surface area contributed by atoms with Gasteiger partial charge in [0, 0.05) is 18.4 Å². The highest BCUT2D eigenvalue weighted by molar-refractivity contribution is 5.90. The predicted octanol–water partition coefficient (Wildman–Crippen LogP) is 4.91. The van der Waals surface area contributed by atoms with E-state index in [1.54, 1.807) is 6.07 Å². The van der Waals surface area contributed by atoms with Crippen LogP contribution in [0, 0.1) is 5.92 Å². The Hall–Kier alpha value is -3.21. The molecule has 3 aromatic rings. The zero-order valence-electron chi connectivity index (χ0n) is 17.5. The minimum absolute atomic E-state index is 0.0347. The van der Waals surface area contributed by atoms with Crippen LogP contribution in [-0.2, 0) is 24.1 Å². The highest BCUT2D eigenvalue weighted by atomic mass is 16.3. The standard InChI is InChI=1S/C25H27N3O2/c1-16(2)13-23(30)28-25-22(14-17-7-4-3-5-8-17)26-24-20-12-11-19(29)15-18(20)9-6-10-21(24)27-25/h3-5,7-8,11-12,15-16,29H,6,9-10,13-14H2,1-2H3,(H,27,28,30). The Labute approximate surface area is 177 Å². The zero-order chi connectivity index (χ0) is 21.1. The van der Waals surface area contributed by atoms with Gasteiger partial charge in [-0.15, -0.1) is 0 Å². The minimum Gasteiger partial charge on any atom is -0.508 e. The van der Waals surface area contributed by atoms with Gasteiger partial charge < -0.3 is 10.4 Å². The van der Waals surface area contributed by atoms with Crippen LogP contribution in [-0.4, -0.2) is 21.0 Å². The maximum absolute atomic E-state index is 12.5. The van der Waals surface area contributed by atoms with Gasteiger partial charge in [-0.1, -0.05) is 44.2 Å². The van der Waals surface area contributed by atoms with E-state index in [1.165, 1.54) is 0 Å². The molecule has 1 amide bonds. The largest absolute Gasteiger partial charge is 0.508 e. The van der Waals surface area contributed by atoms with Crippen molar-refractivity contribution in [2.24, 2.45) is 5.92 Å². The summed E-state index contributed by atoms with van der Waals surface area (Å²) in [6, 6.07) is 15.5. The molecule has 1 aliphatic rings. The Bertz CT molecular complexity index is 1060. The molecule has 5 nitrogen and oxygen atoms in total. The summed E-state index contributed by atoms with van der Waals surface area (Å²) in [7, 11) is 0. The summed E-state index contributed by atoms with van der Waals surface area (Å²) in [6.07, 6.45) is 3.62. The second-order valence-electron chi connectivity index (χ2n) is 8.32. The maximum Gasteiger partial charge on any atom is 0.225 e. The van der Waals surface area contributed by atoms with Crippen molar-refractivity contribution >= 4 is 11.7 Å². The highest BCUT2D eigenvalue weighted by Gasteiger charge is 2.22. The van der Waals surface area contributed by atoms with Gasteiger partial charge in [0.25, 0.3) is 0 Å². The fourth-order valence-electron chi connectivity index (χ4n) is 3.93. The van der Waals surface area contributed by atoms with Gasteiger partial charge in [0.2, 0.25) is 5.91 Å². The molecule has 0 fully saturated rings. The van der Waals surface area contributed by atoms with E-state index in [4.69, 9.17) is 9.97 Å². The number of hydrogen-bond acceptors (Lipinski definition) is 4. The van der Waals surface area contributed by atoms with Crippen molar-refractivity contribution in [3.63, 3.8) is 0 Å². The fourth-order valence-corrected chi connectivity index (χ4v) is 3.93. The van der Waals surface area contributed by atoms with Gasteiger partial charge >= 0.3 is 0 Å². The minimum atomic E-state index is -0.0347. The lowest BCUT2D eigenvalue weighted by atomic mass is 10.0. The third-order valence-electron chi connectivity index (χ3n) is 5.31. The number of hydrogen-bond donors (Lipinski definition) is 2. The van der Waals surface area contributed by atoms with Gasteiger partial charge in [-0.2, -0.15) is 0 Å². The number of aromatic nitrogens is 2. The Morgan fingerprint density at radius 2 is 1.90 bits per heavy atom. The molecule has 0 unspecified atom stereocenters. The Kier molecular flexibility index (Phi) is 5.79. The summed E-state index contributed by atoms with van der Waals surface area (Å²) in [6.45, 7) is 4.05. The van der Waals surface area contributed by atoms with Crippen LogP contribution in [0.4, 0.5) is 5.82 Å². The molecule has 0 saturated carbocycles. The third kappa shape index (κ3) is 4.51. The Morgan fingerprint density at radius 1 is 1.10 bits per heavy atom. The van der Waals surface area contributed by atoms with Crippen LogP contribution in [0.3, 0.4) is 0 Å². The predicted molar refractivity (Wildman–Crippen MR) is 118 cm³/mol. The number of rotatable bonds is 5. The van der Waals surface area contributed by atoms with E-state index in [-0.39, 0.29) is 17.6 Å².